The summed E-state index contributed by atoms with van der Waals surface area (Å²) in [4.78, 5) is 11.4. The number of anilines is 5. The van der Waals surface area contributed by atoms with Gasteiger partial charge in [-0.3, -0.25) is 4.90 Å². The molecule has 10 heteroatoms. The first-order chi connectivity index (χ1) is 17.8. The molecule has 1 saturated heterocycles. The van der Waals surface area contributed by atoms with E-state index in [0.29, 0.717) is 24.1 Å². The van der Waals surface area contributed by atoms with Gasteiger partial charge in [0.1, 0.15) is 23.9 Å². The molecule has 1 unspecified atom stereocenters. The van der Waals surface area contributed by atoms with Gasteiger partial charge < -0.3 is 24.8 Å². The Bertz CT molecular complexity index is 1310. The fourth-order valence-electron chi connectivity index (χ4n) is 4.20. The van der Waals surface area contributed by atoms with E-state index in [2.05, 4.69) is 36.1 Å². The number of methoxy groups -OCH3 is 1. The van der Waals surface area contributed by atoms with Crippen molar-refractivity contribution >= 4 is 44.4 Å². The Labute approximate surface area is 219 Å². The van der Waals surface area contributed by atoms with Crippen molar-refractivity contribution in [2.45, 2.75) is 26.2 Å². The van der Waals surface area contributed by atoms with E-state index in [1.165, 1.54) is 19.3 Å². The number of rotatable bonds is 11. The molecule has 4 rings (SSSR count). The quantitative estimate of drug-likeness (QED) is 0.307. The van der Waals surface area contributed by atoms with Crippen LogP contribution in [0.25, 0.3) is 0 Å². The first kappa shape index (κ1) is 26.6. The summed E-state index contributed by atoms with van der Waals surface area (Å²) in [5.41, 5.74) is 3.16. The topological polar surface area (TPSA) is 101 Å². The second-order valence-electron chi connectivity index (χ2n) is 9.27. The summed E-state index contributed by atoms with van der Waals surface area (Å²) < 4.78 is 26.8. The average molecular weight is 525 g/mol. The van der Waals surface area contributed by atoms with Crippen LogP contribution in [-0.4, -0.2) is 64.6 Å². The Morgan fingerprint density at radius 3 is 2.62 bits per heavy atom. The highest BCUT2D eigenvalue weighted by Crippen LogP contribution is 2.30. The van der Waals surface area contributed by atoms with Gasteiger partial charge in [0, 0.05) is 52.6 Å². The summed E-state index contributed by atoms with van der Waals surface area (Å²) in [7, 11) is -0.818. The van der Waals surface area contributed by atoms with Crippen molar-refractivity contribution in [3.05, 3.63) is 54.2 Å². The second-order valence-corrected chi connectivity index (χ2v) is 11.5. The van der Waals surface area contributed by atoms with Crippen LogP contribution in [0.2, 0.25) is 0 Å². The molecule has 0 aliphatic carbocycles. The maximum atomic E-state index is 12.3. The molecule has 1 aliphatic heterocycles. The first-order valence-corrected chi connectivity index (χ1v) is 14.5. The number of hydrogen-bond acceptors (Lipinski definition) is 8. The van der Waals surface area contributed by atoms with E-state index in [-0.39, 0.29) is 0 Å². The van der Waals surface area contributed by atoms with Crippen molar-refractivity contribution in [2.24, 2.45) is 0 Å². The number of nitrogens with zero attached hydrogens (tertiary/aromatic N) is 3. The van der Waals surface area contributed by atoms with Gasteiger partial charge in [-0.25, -0.2) is 9.19 Å². The van der Waals surface area contributed by atoms with Crippen molar-refractivity contribution in [1.82, 2.24) is 14.9 Å². The van der Waals surface area contributed by atoms with E-state index in [0.717, 1.165) is 48.0 Å². The lowest BCUT2D eigenvalue weighted by molar-refractivity contribution is 0.183. The van der Waals surface area contributed by atoms with E-state index in [1.807, 2.05) is 43.3 Å². The maximum Gasteiger partial charge on any atom is 0.229 e. The summed E-state index contributed by atoms with van der Waals surface area (Å²) >= 11 is 0. The van der Waals surface area contributed by atoms with Crippen molar-refractivity contribution in [1.29, 1.82) is 0 Å². The van der Waals surface area contributed by atoms with Gasteiger partial charge in [-0.15, -0.1) is 0 Å². The van der Waals surface area contributed by atoms with E-state index in [4.69, 9.17) is 9.47 Å². The number of hydrogen-bond donors (Lipinski definition) is 3. The minimum Gasteiger partial charge on any atom is -0.497 e. The number of likely N-dealkylation sites (tertiary alicyclic amines) is 1. The van der Waals surface area contributed by atoms with E-state index in [1.54, 1.807) is 25.6 Å². The Morgan fingerprint density at radius 2 is 1.86 bits per heavy atom. The largest absolute Gasteiger partial charge is 0.497 e. The van der Waals surface area contributed by atoms with Crippen LogP contribution in [0.15, 0.2) is 48.7 Å². The average Bonchev–Trinajstić information content (AvgIpc) is 2.86. The molecule has 1 atom stereocenters. The number of para-hydroxylation sites is 1. The highest BCUT2D eigenvalue weighted by atomic mass is 32.2. The predicted molar refractivity (Wildman–Crippen MR) is 153 cm³/mol. The zero-order valence-corrected chi connectivity index (χ0v) is 22.6. The van der Waals surface area contributed by atoms with Gasteiger partial charge in [-0.1, -0.05) is 18.6 Å². The molecule has 0 spiro atoms. The lowest BCUT2D eigenvalue weighted by Crippen LogP contribution is -2.33. The molecule has 198 valence electrons. The monoisotopic (exact) mass is 524 g/mol. The summed E-state index contributed by atoms with van der Waals surface area (Å²) in [6, 6.07) is 13.2. The van der Waals surface area contributed by atoms with Crippen LogP contribution in [0.1, 0.15) is 24.8 Å². The van der Waals surface area contributed by atoms with Gasteiger partial charge in [-0.2, -0.15) is 4.98 Å². The summed E-state index contributed by atoms with van der Waals surface area (Å²) in [6.07, 6.45) is 7.08. The molecule has 9 nitrogen and oxygen atoms in total. The van der Waals surface area contributed by atoms with Gasteiger partial charge in [0.05, 0.1) is 18.5 Å². The third-order valence-corrected chi connectivity index (χ3v) is 6.64. The Morgan fingerprint density at radius 1 is 1.08 bits per heavy atom. The molecule has 0 amide bonds. The van der Waals surface area contributed by atoms with Gasteiger partial charge in [0.15, 0.2) is 0 Å². The Kier molecular flexibility index (Phi) is 8.73. The molecule has 3 aromatic rings. The number of aromatic nitrogens is 2. The van der Waals surface area contributed by atoms with Gasteiger partial charge in [0.25, 0.3) is 0 Å². The molecule has 0 radical (unpaired) electrons. The first-order valence-electron chi connectivity index (χ1n) is 12.4. The van der Waals surface area contributed by atoms with Crippen molar-refractivity contribution in [3.63, 3.8) is 0 Å². The third kappa shape index (κ3) is 7.99. The molecule has 1 fully saturated rings. The molecule has 2 aromatic carbocycles. The molecule has 0 saturated carbocycles. The molecule has 2 heterocycles. The van der Waals surface area contributed by atoms with Crippen LogP contribution in [0.3, 0.4) is 0 Å². The van der Waals surface area contributed by atoms with Gasteiger partial charge in [-0.05, 0) is 56.4 Å². The Balaban J connectivity index is 1.46. The van der Waals surface area contributed by atoms with Crippen LogP contribution in [0.5, 0.6) is 11.5 Å². The number of piperidine rings is 1. The molecule has 3 N–H and O–H groups in total. The van der Waals surface area contributed by atoms with Crippen molar-refractivity contribution in [2.75, 3.05) is 55.0 Å². The zero-order chi connectivity index (χ0) is 26.3. The number of ether oxygens (including phenoxy) is 2. The van der Waals surface area contributed by atoms with Crippen molar-refractivity contribution < 1.29 is 13.7 Å². The molecular weight excluding hydrogens is 488 g/mol. The fourth-order valence-corrected chi connectivity index (χ4v) is 4.90. The summed E-state index contributed by atoms with van der Waals surface area (Å²) in [5, 5.41) is 6.54. The summed E-state index contributed by atoms with van der Waals surface area (Å²) in [5.74, 6) is 6.11. The maximum absolute atomic E-state index is 12.3. The lowest BCUT2D eigenvalue weighted by Gasteiger charge is -2.26. The van der Waals surface area contributed by atoms with Gasteiger partial charge >= 0.3 is 0 Å². The molecule has 0 bridgehead atoms. The van der Waals surface area contributed by atoms with E-state index >= 15 is 0 Å². The third-order valence-electron chi connectivity index (χ3n) is 6.01. The molecular formula is C27H36N6O3S. The van der Waals surface area contributed by atoms with E-state index < -0.39 is 9.71 Å². The van der Waals surface area contributed by atoms with Crippen LogP contribution in [0.4, 0.5) is 28.8 Å². The highest BCUT2D eigenvalue weighted by molar-refractivity contribution is 8.00. The SMILES string of the molecule is C=S(C)(=O)Nc1c(C)cccc1Nc1ccnc(Nc2cc(OC)cc(OCCN3CCCCC3)c2)n1. The molecule has 1 aliphatic rings. The lowest BCUT2D eigenvalue weighted by atomic mass is 10.1. The standard InChI is InChI=1S/C27H36N6O3S/c1-20-9-8-10-24(26(20)32-37(3,4)34)30-25-11-12-28-27(31-25)29-21-17-22(35-2)19-23(18-21)36-16-15-33-13-6-5-7-14-33/h8-12,17-19H,3,5-7,13-16H2,1-2,4H3,(H,32,34)(H2,28,29,30,31). The van der Waals surface area contributed by atoms with Crippen LogP contribution >= 0.6 is 0 Å². The predicted octanol–water partition coefficient (Wildman–Crippen LogP) is 4.82. The minimum absolute atomic E-state index is 0.413. The molecule has 37 heavy (non-hydrogen) atoms. The normalized spacial score (nSPS) is 15.4. The summed E-state index contributed by atoms with van der Waals surface area (Å²) in [6.45, 7) is 5.76. The minimum atomic E-state index is -2.45. The van der Waals surface area contributed by atoms with Crippen LogP contribution in [-0.2, 0) is 9.71 Å². The Hall–Kier alpha value is -3.50. The second kappa shape index (κ2) is 12.2. The number of benzene rings is 2. The zero-order valence-electron chi connectivity index (χ0n) is 21.8. The van der Waals surface area contributed by atoms with Crippen LogP contribution in [0, 0.1) is 6.92 Å². The number of aryl methyl sites for hydroxylation is 1. The smallest absolute Gasteiger partial charge is 0.229 e. The fraction of sp³-hybridized carbons (Fsp3) is 0.370. The van der Waals surface area contributed by atoms with Crippen LogP contribution < -0.4 is 24.8 Å². The van der Waals surface area contributed by atoms with Gasteiger partial charge in [0.2, 0.25) is 5.95 Å². The molecule has 1 aromatic heterocycles. The highest BCUT2D eigenvalue weighted by Gasteiger charge is 2.12. The van der Waals surface area contributed by atoms with Crippen molar-refractivity contribution in [3.8, 4) is 11.5 Å². The number of nitrogens with one attached hydrogen (secondary N) is 3. The van der Waals surface area contributed by atoms with E-state index in [9.17, 15) is 4.21 Å².